The van der Waals surface area contributed by atoms with Gasteiger partial charge in [0.1, 0.15) is 11.6 Å². The molecule has 0 spiro atoms. The first-order chi connectivity index (χ1) is 9.36. The van der Waals surface area contributed by atoms with Gasteiger partial charge in [-0.1, -0.05) is 13.8 Å². The number of hydrogen-bond acceptors (Lipinski definition) is 4. The maximum absolute atomic E-state index is 12.3. The molecule has 3 atom stereocenters. The fraction of sp³-hybridized carbons (Fsp3) is 0.733. The number of carbonyl (C=O) groups excluding carboxylic acids is 4. The summed E-state index contributed by atoms with van der Waals surface area (Å²) in [5.74, 6) is -1.19. The van der Waals surface area contributed by atoms with Gasteiger partial charge in [0.05, 0.1) is 5.92 Å². The smallest absolute Gasteiger partial charge is 0.226 e. The lowest BCUT2D eigenvalue weighted by Gasteiger charge is -2.30. The summed E-state index contributed by atoms with van der Waals surface area (Å²) in [6.07, 6.45) is 2.00. The van der Waals surface area contributed by atoms with Crippen LogP contribution < -0.4 is 5.32 Å². The standard InChI is InChI=1S/C15H21NO4/c1-8-3-9(2)15(20)11(4-8)12(17)5-10-6-13(18)16-14(19)7-10/h8-11H,3-7H2,1-2H3,(H,16,18,19)/t8-,9-,11?/m0/s1. The molecule has 1 aliphatic carbocycles. The van der Waals surface area contributed by atoms with Gasteiger partial charge in [-0.2, -0.15) is 0 Å². The van der Waals surface area contributed by atoms with Crippen molar-refractivity contribution in [2.45, 2.75) is 46.0 Å². The average molecular weight is 279 g/mol. The molecule has 1 aliphatic heterocycles. The second-order valence-corrected chi connectivity index (χ2v) is 6.35. The number of nitrogens with one attached hydrogen (secondary N) is 1. The molecule has 2 aliphatic rings. The van der Waals surface area contributed by atoms with E-state index in [1.807, 2.05) is 6.92 Å². The van der Waals surface area contributed by atoms with Crippen LogP contribution in [0.1, 0.15) is 46.0 Å². The van der Waals surface area contributed by atoms with E-state index in [1.165, 1.54) is 0 Å². The molecule has 1 N–H and O–H groups in total. The molecule has 5 heteroatoms. The molecule has 2 fully saturated rings. The van der Waals surface area contributed by atoms with Gasteiger partial charge in [-0.3, -0.25) is 24.5 Å². The third-order valence-electron chi connectivity index (χ3n) is 4.33. The van der Waals surface area contributed by atoms with Crippen molar-refractivity contribution in [3.8, 4) is 0 Å². The first-order valence-electron chi connectivity index (χ1n) is 7.26. The van der Waals surface area contributed by atoms with Crippen molar-refractivity contribution in [3.05, 3.63) is 0 Å². The quantitative estimate of drug-likeness (QED) is 0.623. The summed E-state index contributed by atoms with van der Waals surface area (Å²) in [4.78, 5) is 47.0. The van der Waals surface area contributed by atoms with Crippen LogP contribution in [0.25, 0.3) is 0 Å². The molecular weight excluding hydrogens is 258 g/mol. The number of ketones is 2. The van der Waals surface area contributed by atoms with Gasteiger partial charge in [0.2, 0.25) is 11.8 Å². The lowest BCUT2D eigenvalue weighted by atomic mass is 9.72. The van der Waals surface area contributed by atoms with Crippen molar-refractivity contribution in [1.29, 1.82) is 0 Å². The van der Waals surface area contributed by atoms with Crippen molar-refractivity contribution >= 4 is 23.4 Å². The zero-order chi connectivity index (χ0) is 14.9. The molecule has 1 saturated heterocycles. The molecule has 0 radical (unpaired) electrons. The number of piperidine rings is 1. The van der Waals surface area contributed by atoms with E-state index < -0.39 is 5.92 Å². The first-order valence-corrected chi connectivity index (χ1v) is 7.26. The van der Waals surface area contributed by atoms with E-state index >= 15 is 0 Å². The van der Waals surface area contributed by atoms with Gasteiger partial charge in [0.15, 0.2) is 0 Å². The fourth-order valence-corrected chi connectivity index (χ4v) is 3.39. The summed E-state index contributed by atoms with van der Waals surface area (Å²) >= 11 is 0. The lowest BCUT2D eigenvalue weighted by Crippen LogP contribution is -2.41. The Morgan fingerprint density at radius 3 is 2.30 bits per heavy atom. The minimum absolute atomic E-state index is 0.0275. The topological polar surface area (TPSA) is 80.3 Å². The number of carbonyl (C=O) groups is 4. The predicted octanol–water partition coefficient (Wildman–Crippen LogP) is 1.25. The molecule has 2 amide bonds. The molecule has 2 rings (SSSR count). The average Bonchev–Trinajstić information content (AvgIpc) is 2.32. The number of rotatable bonds is 3. The highest BCUT2D eigenvalue weighted by Crippen LogP contribution is 2.32. The summed E-state index contributed by atoms with van der Waals surface area (Å²) in [7, 11) is 0. The zero-order valence-corrected chi connectivity index (χ0v) is 12.0. The monoisotopic (exact) mass is 279 g/mol. The van der Waals surface area contributed by atoms with Gasteiger partial charge in [-0.15, -0.1) is 0 Å². The van der Waals surface area contributed by atoms with Crippen LogP contribution in [-0.4, -0.2) is 23.4 Å². The third kappa shape index (κ3) is 3.32. The second kappa shape index (κ2) is 5.85. The van der Waals surface area contributed by atoms with Crippen LogP contribution in [0.15, 0.2) is 0 Å². The Morgan fingerprint density at radius 1 is 1.10 bits per heavy atom. The van der Waals surface area contributed by atoms with E-state index in [9.17, 15) is 19.2 Å². The molecule has 20 heavy (non-hydrogen) atoms. The lowest BCUT2D eigenvalue weighted by molar-refractivity contribution is -0.139. The molecule has 110 valence electrons. The molecule has 0 aromatic heterocycles. The number of imide groups is 1. The molecule has 0 aromatic rings. The van der Waals surface area contributed by atoms with E-state index in [0.29, 0.717) is 12.3 Å². The Labute approximate surface area is 118 Å². The van der Waals surface area contributed by atoms with Crippen molar-refractivity contribution in [3.63, 3.8) is 0 Å². The van der Waals surface area contributed by atoms with Crippen molar-refractivity contribution < 1.29 is 19.2 Å². The van der Waals surface area contributed by atoms with Crippen molar-refractivity contribution in [2.24, 2.45) is 23.7 Å². The summed E-state index contributed by atoms with van der Waals surface area (Å²) in [5.41, 5.74) is 0. The van der Waals surface area contributed by atoms with Crippen LogP contribution in [0.3, 0.4) is 0 Å². The maximum Gasteiger partial charge on any atom is 0.226 e. The van der Waals surface area contributed by atoms with Gasteiger partial charge in [-0.25, -0.2) is 0 Å². The highest BCUT2D eigenvalue weighted by molar-refractivity contribution is 6.04. The Hall–Kier alpha value is -1.52. The minimum Gasteiger partial charge on any atom is -0.299 e. The summed E-state index contributed by atoms with van der Waals surface area (Å²) in [6.45, 7) is 3.93. The maximum atomic E-state index is 12.3. The number of amides is 2. The Kier molecular flexibility index (Phi) is 4.35. The molecule has 5 nitrogen and oxygen atoms in total. The van der Waals surface area contributed by atoms with Gasteiger partial charge in [-0.05, 0) is 24.7 Å². The Morgan fingerprint density at radius 2 is 1.70 bits per heavy atom. The molecule has 0 bridgehead atoms. The van der Waals surface area contributed by atoms with Crippen molar-refractivity contribution in [1.82, 2.24) is 5.32 Å². The third-order valence-corrected chi connectivity index (χ3v) is 4.33. The first kappa shape index (κ1) is 14.9. The van der Waals surface area contributed by atoms with Gasteiger partial charge >= 0.3 is 0 Å². The number of hydrogen-bond donors (Lipinski definition) is 1. The van der Waals surface area contributed by atoms with Crippen LogP contribution >= 0.6 is 0 Å². The van der Waals surface area contributed by atoms with Gasteiger partial charge in [0, 0.05) is 25.2 Å². The molecular formula is C15H21NO4. The molecule has 0 aromatic carbocycles. The largest absolute Gasteiger partial charge is 0.299 e. The van der Waals surface area contributed by atoms with Crippen LogP contribution in [0, 0.1) is 23.7 Å². The van der Waals surface area contributed by atoms with Gasteiger partial charge < -0.3 is 0 Å². The highest BCUT2D eigenvalue weighted by Gasteiger charge is 2.38. The molecule has 1 heterocycles. The van der Waals surface area contributed by atoms with E-state index in [4.69, 9.17) is 0 Å². The van der Waals surface area contributed by atoms with E-state index in [-0.39, 0.29) is 54.5 Å². The van der Waals surface area contributed by atoms with Crippen molar-refractivity contribution in [2.75, 3.05) is 0 Å². The minimum atomic E-state index is -0.533. The van der Waals surface area contributed by atoms with Crippen LogP contribution in [0.2, 0.25) is 0 Å². The van der Waals surface area contributed by atoms with Crippen LogP contribution in [0.4, 0.5) is 0 Å². The Bertz CT molecular complexity index is 441. The van der Waals surface area contributed by atoms with Crippen LogP contribution in [0.5, 0.6) is 0 Å². The van der Waals surface area contributed by atoms with Gasteiger partial charge in [0.25, 0.3) is 0 Å². The van der Waals surface area contributed by atoms with E-state index in [0.717, 1.165) is 6.42 Å². The molecule has 1 saturated carbocycles. The second-order valence-electron chi connectivity index (χ2n) is 6.35. The Balaban J connectivity index is 1.98. The van der Waals surface area contributed by atoms with Crippen LogP contribution in [-0.2, 0) is 19.2 Å². The fourth-order valence-electron chi connectivity index (χ4n) is 3.39. The normalized spacial score (nSPS) is 32.1. The van der Waals surface area contributed by atoms with E-state index in [2.05, 4.69) is 12.2 Å². The van der Waals surface area contributed by atoms with E-state index in [1.54, 1.807) is 0 Å². The number of Topliss-reactive ketones (excluding diaryl/α,β-unsaturated/α-hetero) is 2. The highest BCUT2D eigenvalue weighted by atomic mass is 16.2. The zero-order valence-electron chi connectivity index (χ0n) is 12.0. The summed E-state index contributed by atoms with van der Waals surface area (Å²) < 4.78 is 0. The SMILES string of the molecule is C[C@@H]1CC(C(=O)CC2CC(=O)NC(=O)C2)C(=O)[C@@H](C)C1. The summed E-state index contributed by atoms with van der Waals surface area (Å²) in [6, 6.07) is 0. The summed E-state index contributed by atoms with van der Waals surface area (Å²) in [5, 5.41) is 2.23. The molecule has 1 unspecified atom stereocenters. The predicted molar refractivity (Wildman–Crippen MR) is 71.6 cm³/mol.